The summed E-state index contributed by atoms with van der Waals surface area (Å²) in [6, 6.07) is 17.6. The number of hydrogen-bond donors (Lipinski definition) is 0. The number of fused-ring (bicyclic) bond motifs is 2. The molecule has 4 aromatic heterocycles. The Bertz CT molecular complexity index is 1660. The summed E-state index contributed by atoms with van der Waals surface area (Å²) in [5.41, 5.74) is 6.36. The summed E-state index contributed by atoms with van der Waals surface area (Å²) in [6.45, 7) is 4.21. The lowest BCUT2D eigenvalue weighted by Crippen LogP contribution is -1.86. The molecule has 0 unspecified atom stereocenters. The van der Waals surface area contributed by atoms with Crippen LogP contribution in [-0.2, 0) is 0 Å². The maximum atomic E-state index is 6.14. The van der Waals surface area contributed by atoms with E-state index < -0.39 is 0 Å². The van der Waals surface area contributed by atoms with E-state index in [9.17, 15) is 0 Å². The fourth-order valence-electron chi connectivity index (χ4n) is 3.66. The number of thiazole rings is 2. The molecule has 0 saturated heterocycles. The summed E-state index contributed by atoms with van der Waals surface area (Å²) in [7, 11) is 0. The molecule has 0 fully saturated rings. The Morgan fingerprint density at radius 1 is 0.629 bits per heavy atom. The fraction of sp³-hybridized carbons (Fsp3) is 0.0769. The maximum absolute atomic E-state index is 6.14. The van der Waals surface area contributed by atoms with Gasteiger partial charge in [0.05, 0.1) is 25.5 Å². The third-order valence-electron chi connectivity index (χ3n) is 5.32. The van der Waals surface area contributed by atoms with Gasteiger partial charge in [-0.3, -0.25) is 0 Å². The van der Waals surface area contributed by atoms with Crippen LogP contribution in [0.2, 0.25) is 15.3 Å². The zero-order valence-corrected chi connectivity index (χ0v) is 22.5. The zero-order chi connectivity index (χ0) is 24.5. The van der Waals surface area contributed by atoms with E-state index in [1.54, 1.807) is 23.7 Å². The molecule has 9 heteroatoms. The van der Waals surface area contributed by atoms with Crippen molar-refractivity contribution in [3.8, 4) is 21.1 Å². The van der Waals surface area contributed by atoms with Crippen LogP contribution < -0.4 is 0 Å². The van der Waals surface area contributed by atoms with Gasteiger partial charge in [0.15, 0.2) is 0 Å². The van der Waals surface area contributed by atoms with Crippen molar-refractivity contribution in [1.82, 2.24) is 19.9 Å². The van der Waals surface area contributed by atoms with Crippen LogP contribution >= 0.6 is 57.5 Å². The van der Waals surface area contributed by atoms with Crippen molar-refractivity contribution in [2.75, 3.05) is 0 Å². The van der Waals surface area contributed by atoms with Gasteiger partial charge in [-0.2, -0.15) is 0 Å². The van der Waals surface area contributed by atoms with E-state index in [0.29, 0.717) is 15.3 Å². The third-order valence-corrected chi connectivity index (χ3v) is 8.65. The number of benzene rings is 2. The number of hydrogen-bond acceptors (Lipinski definition) is 6. The lowest BCUT2D eigenvalue weighted by Gasteiger charge is -2.05. The van der Waals surface area contributed by atoms with Crippen LogP contribution in [0.1, 0.15) is 11.1 Å². The van der Waals surface area contributed by atoms with Crippen LogP contribution in [0.3, 0.4) is 0 Å². The molecular weight excluding hydrogens is 539 g/mol. The number of pyridine rings is 2. The van der Waals surface area contributed by atoms with Crippen LogP contribution in [0.25, 0.3) is 41.6 Å². The lowest BCUT2D eigenvalue weighted by molar-refractivity contribution is 1.34. The van der Waals surface area contributed by atoms with Gasteiger partial charge in [-0.15, -0.1) is 22.7 Å². The molecule has 4 heterocycles. The smallest absolute Gasteiger partial charge is 0.148 e. The van der Waals surface area contributed by atoms with Gasteiger partial charge >= 0.3 is 0 Å². The Balaban J connectivity index is 0.000000145. The first kappa shape index (κ1) is 24.1. The Hall–Kier alpha value is -2.61. The molecule has 35 heavy (non-hydrogen) atoms. The molecule has 0 aliphatic rings. The molecule has 6 aromatic rings. The standard InChI is InChI=1S/C14H11ClN2S.C12H6Cl2N2S/c1-8-4-3-5-9(2)11(8)14-17-10-6-7-16-13(15)12(10)18-14;13-8-4-2-1-3-7(8)12-16-9-5-6-15-11(14)10(9)17-12/h3-7H,1-2H3;1-6H. The first-order valence-electron chi connectivity index (χ1n) is 10.6. The van der Waals surface area contributed by atoms with E-state index in [1.807, 2.05) is 36.4 Å². The van der Waals surface area contributed by atoms with Crippen molar-refractivity contribution < 1.29 is 0 Å². The highest BCUT2D eigenvalue weighted by Crippen LogP contribution is 2.37. The van der Waals surface area contributed by atoms with E-state index in [2.05, 4.69) is 52.0 Å². The second kappa shape index (κ2) is 10.2. The second-order valence-corrected chi connectivity index (χ2v) is 10.8. The quantitative estimate of drug-likeness (QED) is 0.200. The predicted molar refractivity (Wildman–Crippen MR) is 150 cm³/mol. The average Bonchev–Trinajstić information content (AvgIpc) is 3.46. The number of halogens is 3. The molecule has 0 atom stereocenters. The molecule has 174 valence electrons. The van der Waals surface area contributed by atoms with Gasteiger partial charge in [0.2, 0.25) is 0 Å². The molecule has 0 aliphatic carbocycles. The summed E-state index contributed by atoms with van der Waals surface area (Å²) < 4.78 is 1.85. The molecule has 0 N–H and O–H groups in total. The van der Waals surface area contributed by atoms with E-state index in [0.717, 1.165) is 36.0 Å². The molecule has 2 aromatic carbocycles. The van der Waals surface area contributed by atoms with E-state index >= 15 is 0 Å². The van der Waals surface area contributed by atoms with E-state index in [1.165, 1.54) is 28.0 Å². The molecule has 0 spiro atoms. The fourth-order valence-corrected chi connectivity index (χ4v) is 6.57. The van der Waals surface area contributed by atoms with Crippen molar-refractivity contribution in [1.29, 1.82) is 0 Å². The highest BCUT2D eigenvalue weighted by molar-refractivity contribution is 7.22. The molecule has 0 bridgehead atoms. The van der Waals surface area contributed by atoms with Crippen LogP contribution in [0, 0.1) is 13.8 Å². The van der Waals surface area contributed by atoms with Crippen LogP contribution in [0.15, 0.2) is 67.0 Å². The Kier molecular flexibility index (Phi) is 7.00. The Morgan fingerprint density at radius 3 is 1.74 bits per heavy atom. The molecule has 0 saturated carbocycles. The molecule has 6 rings (SSSR count). The largest absolute Gasteiger partial charge is 0.243 e. The van der Waals surface area contributed by atoms with Gasteiger partial charge in [0, 0.05) is 23.5 Å². The van der Waals surface area contributed by atoms with Gasteiger partial charge in [-0.25, -0.2) is 19.9 Å². The Labute approximate surface area is 225 Å². The first-order chi connectivity index (χ1) is 16.9. The van der Waals surface area contributed by atoms with E-state index in [-0.39, 0.29) is 0 Å². The summed E-state index contributed by atoms with van der Waals surface area (Å²) in [4.78, 5) is 17.3. The minimum atomic E-state index is 0.485. The second-order valence-electron chi connectivity index (χ2n) is 7.68. The molecule has 0 aliphatic heterocycles. The molecule has 0 amide bonds. The van der Waals surface area contributed by atoms with E-state index in [4.69, 9.17) is 34.8 Å². The number of aryl methyl sites for hydroxylation is 2. The SMILES string of the molecule is Cc1cccc(C)c1-c1nc2ccnc(Cl)c2s1.Clc1ccccc1-c1nc2ccnc(Cl)c2s1. The van der Waals surface area contributed by atoms with Crippen molar-refractivity contribution in [3.05, 3.63) is 93.4 Å². The van der Waals surface area contributed by atoms with Gasteiger partial charge in [-0.05, 0) is 43.2 Å². The molecule has 0 radical (unpaired) electrons. The zero-order valence-electron chi connectivity index (χ0n) is 18.6. The monoisotopic (exact) mass is 554 g/mol. The van der Waals surface area contributed by atoms with Gasteiger partial charge in [0.1, 0.15) is 20.3 Å². The topological polar surface area (TPSA) is 51.6 Å². The van der Waals surface area contributed by atoms with Crippen molar-refractivity contribution >= 4 is 77.9 Å². The maximum Gasteiger partial charge on any atom is 0.148 e. The van der Waals surface area contributed by atoms with Crippen molar-refractivity contribution in [3.63, 3.8) is 0 Å². The van der Waals surface area contributed by atoms with Gasteiger partial charge in [-0.1, -0.05) is 71.2 Å². The van der Waals surface area contributed by atoms with Gasteiger partial charge in [0.25, 0.3) is 0 Å². The van der Waals surface area contributed by atoms with Crippen LogP contribution in [-0.4, -0.2) is 19.9 Å². The van der Waals surface area contributed by atoms with Crippen LogP contribution in [0.5, 0.6) is 0 Å². The number of nitrogens with zero attached hydrogens (tertiary/aromatic N) is 4. The summed E-state index contributed by atoms with van der Waals surface area (Å²) in [6.07, 6.45) is 3.35. The predicted octanol–water partition coefficient (Wildman–Crippen LogP) is 9.29. The highest BCUT2D eigenvalue weighted by atomic mass is 35.5. The van der Waals surface area contributed by atoms with Crippen molar-refractivity contribution in [2.24, 2.45) is 0 Å². The molecular formula is C26H17Cl3N4S2. The first-order valence-corrected chi connectivity index (χ1v) is 13.3. The third kappa shape index (κ3) is 4.90. The summed E-state index contributed by atoms with van der Waals surface area (Å²) in [5, 5.41) is 3.58. The summed E-state index contributed by atoms with van der Waals surface area (Å²) >= 11 is 21.4. The Morgan fingerprint density at radius 2 is 1.17 bits per heavy atom. The van der Waals surface area contributed by atoms with Crippen LogP contribution in [0.4, 0.5) is 0 Å². The minimum Gasteiger partial charge on any atom is -0.243 e. The van der Waals surface area contributed by atoms with Crippen molar-refractivity contribution in [2.45, 2.75) is 13.8 Å². The normalized spacial score (nSPS) is 11.0. The van der Waals surface area contributed by atoms with Gasteiger partial charge < -0.3 is 0 Å². The minimum absolute atomic E-state index is 0.485. The lowest BCUT2D eigenvalue weighted by atomic mass is 10.0. The summed E-state index contributed by atoms with van der Waals surface area (Å²) in [5.74, 6) is 0. The number of rotatable bonds is 2. The highest BCUT2D eigenvalue weighted by Gasteiger charge is 2.13. The average molecular weight is 556 g/mol. The number of aromatic nitrogens is 4. The molecule has 4 nitrogen and oxygen atoms in total.